The summed E-state index contributed by atoms with van der Waals surface area (Å²) >= 11 is 0. The largest absolute Gasteiger partial charge is 0.457 e. The Morgan fingerprint density at radius 1 is 1.00 bits per heavy atom. The summed E-state index contributed by atoms with van der Waals surface area (Å²) in [6, 6.07) is 20.2. The van der Waals surface area contributed by atoms with Crippen LogP contribution in [0.3, 0.4) is 0 Å². The Labute approximate surface area is 166 Å². The fourth-order valence-corrected chi connectivity index (χ4v) is 3.66. The van der Waals surface area contributed by atoms with Crippen LogP contribution < -0.4 is 15.0 Å². The fraction of sp³-hybridized carbons (Fsp3) is 0.304. The predicted molar refractivity (Wildman–Crippen MR) is 114 cm³/mol. The SMILES string of the molecule is CCC1CCCCN1c1ccnc(Nc2ccc(Oc3ccccc3)cc2)n1. The number of piperidine rings is 1. The van der Waals surface area contributed by atoms with Crippen molar-refractivity contribution in [1.82, 2.24) is 9.97 Å². The van der Waals surface area contributed by atoms with E-state index in [1.807, 2.05) is 66.9 Å². The maximum absolute atomic E-state index is 5.84. The lowest BCUT2D eigenvalue weighted by Gasteiger charge is -2.36. The Balaban J connectivity index is 1.44. The van der Waals surface area contributed by atoms with E-state index in [4.69, 9.17) is 9.72 Å². The number of nitrogens with one attached hydrogen (secondary N) is 1. The summed E-state index contributed by atoms with van der Waals surface area (Å²) in [5, 5.41) is 3.30. The molecule has 1 aliphatic heterocycles. The topological polar surface area (TPSA) is 50.3 Å². The molecule has 0 aliphatic carbocycles. The molecule has 5 nitrogen and oxygen atoms in total. The first-order chi connectivity index (χ1) is 13.8. The lowest BCUT2D eigenvalue weighted by atomic mass is 10.0. The van der Waals surface area contributed by atoms with Crippen LogP contribution in [0.1, 0.15) is 32.6 Å². The van der Waals surface area contributed by atoms with E-state index >= 15 is 0 Å². The number of benzene rings is 2. The average Bonchev–Trinajstić information content (AvgIpc) is 2.76. The number of para-hydroxylation sites is 1. The first-order valence-corrected chi connectivity index (χ1v) is 10.0. The molecule has 1 unspecified atom stereocenters. The monoisotopic (exact) mass is 374 g/mol. The van der Waals surface area contributed by atoms with Gasteiger partial charge >= 0.3 is 0 Å². The highest BCUT2D eigenvalue weighted by Gasteiger charge is 2.22. The summed E-state index contributed by atoms with van der Waals surface area (Å²) in [6.45, 7) is 3.32. The third-order valence-electron chi connectivity index (χ3n) is 5.12. The normalized spacial score (nSPS) is 16.6. The molecule has 2 aromatic carbocycles. The van der Waals surface area contributed by atoms with Crippen molar-refractivity contribution in [3.8, 4) is 11.5 Å². The second-order valence-corrected chi connectivity index (χ2v) is 7.05. The Bertz CT molecular complexity index is 883. The number of hydrogen-bond acceptors (Lipinski definition) is 5. The highest BCUT2D eigenvalue weighted by atomic mass is 16.5. The first kappa shape index (κ1) is 18.3. The molecule has 28 heavy (non-hydrogen) atoms. The predicted octanol–water partition coefficient (Wildman–Crippen LogP) is 5.78. The van der Waals surface area contributed by atoms with Crippen LogP contribution in [0.25, 0.3) is 0 Å². The van der Waals surface area contributed by atoms with Gasteiger partial charge in [0.2, 0.25) is 5.95 Å². The maximum Gasteiger partial charge on any atom is 0.229 e. The van der Waals surface area contributed by atoms with Gasteiger partial charge in [0.25, 0.3) is 0 Å². The molecule has 0 spiro atoms. The summed E-state index contributed by atoms with van der Waals surface area (Å²) in [4.78, 5) is 11.6. The van der Waals surface area contributed by atoms with E-state index in [-0.39, 0.29) is 0 Å². The van der Waals surface area contributed by atoms with Gasteiger partial charge in [0.05, 0.1) is 0 Å². The number of hydrogen-bond donors (Lipinski definition) is 1. The van der Waals surface area contributed by atoms with E-state index in [1.165, 1.54) is 19.3 Å². The number of nitrogens with zero attached hydrogens (tertiary/aromatic N) is 3. The molecule has 3 aromatic rings. The second kappa shape index (κ2) is 8.74. The molecule has 1 atom stereocenters. The number of rotatable bonds is 6. The van der Waals surface area contributed by atoms with Crippen LogP contribution in [-0.4, -0.2) is 22.6 Å². The fourth-order valence-electron chi connectivity index (χ4n) is 3.66. The zero-order chi connectivity index (χ0) is 19.2. The van der Waals surface area contributed by atoms with Crippen molar-refractivity contribution in [3.63, 3.8) is 0 Å². The second-order valence-electron chi connectivity index (χ2n) is 7.05. The molecule has 1 fully saturated rings. The van der Waals surface area contributed by atoms with Crippen LogP contribution >= 0.6 is 0 Å². The molecule has 0 amide bonds. The van der Waals surface area contributed by atoms with Crippen molar-refractivity contribution in [2.24, 2.45) is 0 Å². The number of aromatic nitrogens is 2. The van der Waals surface area contributed by atoms with Gasteiger partial charge in [0.1, 0.15) is 17.3 Å². The zero-order valence-corrected chi connectivity index (χ0v) is 16.2. The molecule has 2 heterocycles. The molecule has 1 saturated heterocycles. The molecule has 5 heteroatoms. The van der Waals surface area contributed by atoms with Gasteiger partial charge in [-0.05, 0) is 68.1 Å². The van der Waals surface area contributed by atoms with Crippen molar-refractivity contribution >= 4 is 17.5 Å². The smallest absolute Gasteiger partial charge is 0.229 e. The Morgan fingerprint density at radius 3 is 2.57 bits per heavy atom. The summed E-state index contributed by atoms with van der Waals surface area (Å²) < 4.78 is 5.84. The Kier molecular flexibility index (Phi) is 5.71. The first-order valence-electron chi connectivity index (χ1n) is 10.0. The molecule has 1 N–H and O–H groups in total. The third kappa shape index (κ3) is 4.42. The Hall–Kier alpha value is -3.08. The molecule has 4 rings (SSSR count). The van der Waals surface area contributed by atoms with Gasteiger partial charge in [-0.1, -0.05) is 25.1 Å². The van der Waals surface area contributed by atoms with Gasteiger partial charge in [-0.25, -0.2) is 4.98 Å². The van der Waals surface area contributed by atoms with Crippen LogP contribution in [0.5, 0.6) is 11.5 Å². The molecule has 0 saturated carbocycles. The minimum absolute atomic E-state index is 0.575. The molecule has 0 radical (unpaired) electrons. The van der Waals surface area contributed by atoms with Crippen molar-refractivity contribution in [1.29, 1.82) is 0 Å². The highest BCUT2D eigenvalue weighted by Crippen LogP contribution is 2.27. The zero-order valence-electron chi connectivity index (χ0n) is 16.2. The lowest BCUT2D eigenvalue weighted by molar-refractivity contribution is 0.447. The lowest BCUT2D eigenvalue weighted by Crippen LogP contribution is -2.39. The van der Waals surface area contributed by atoms with Crippen LogP contribution in [0.4, 0.5) is 17.5 Å². The molecular weight excluding hydrogens is 348 g/mol. The number of anilines is 3. The van der Waals surface area contributed by atoms with E-state index in [2.05, 4.69) is 22.1 Å². The van der Waals surface area contributed by atoms with Crippen molar-refractivity contribution < 1.29 is 4.74 Å². The summed E-state index contributed by atoms with van der Waals surface area (Å²) in [7, 11) is 0. The van der Waals surface area contributed by atoms with Crippen LogP contribution in [-0.2, 0) is 0 Å². The summed E-state index contributed by atoms with van der Waals surface area (Å²) in [5.74, 6) is 3.25. The van der Waals surface area contributed by atoms with Gasteiger partial charge in [0.15, 0.2) is 0 Å². The summed E-state index contributed by atoms with van der Waals surface area (Å²) in [6.07, 6.45) is 6.76. The van der Waals surface area contributed by atoms with Crippen molar-refractivity contribution in [3.05, 3.63) is 66.9 Å². The quantitative estimate of drug-likeness (QED) is 0.592. The van der Waals surface area contributed by atoms with Gasteiger partial charge in [0, 0.05) is 24.5 Å². The van der Waals surface area contributed by atoms with Crippen LogP contribution in [0.15, 0.2) is 66.9 Å². The molecular formula is C23H26N4O. The third-order valence-corrected chi connectivity index (χ3v) is 5.12. The Morgan fingerprint density at radius 2 is 1.79 bits per heavy atom. The standard InChI is InChI=1S/C23H26N4O/c1-2-19-8-6-7-17-27(19)22-15-16-24-23(26-22)25-18-11-13-21(14-12-18)28-20-9-4-3-5-10-20/h3-5,9-16,19H,2,6-8,17H2,1H3,(H,24,25,26). The van der Waals surface area contributed by atoms with Gasteiger partial charge in [-0.15, -0.1) is 0 Å². The van der Waals surface area contributed by atoms with Gasteiger partial charge in [-0.3, -0.25) is 0 Å². The van der Waals surface area contributed by atoms with E-state index in [0.29, 0.717) is 12.0 Å². The molecule has 1 aliphatic rings. The van der Waals surface area contributed by atoms with Gasteiger partial charge in [-0.2, -0.15) is 4.98 Å². The molecule has 1 aromatic heterocycles. The van der Waals surface area contributed by atoms with Crippen LogP contribution in [0, 0.1) is 0 Å². The van der Waals surface area contributed by atoms with E-state index in [1.54, 1.807) is 0 Å². The van der Waals surface area contributed by atoms with Gasteiger partial charge < -0.3 is 15.0 Å². The van der Waals surface area contributed by atoms with E-state index in [9.17, 15) is 0 Å². The van der Waals surface area contributed by atoms with E-state index < -0.39 is 0 Å². The molecule has 0 bridgehead atoms. The highest BCUT2D eigenvalue weighted by molar-refractivity contribution is 5.56. The average molecular weight is 374 g/mol. The van der Waals surface area contributed by atoms with Crippen LogP contribution in [0.2, 0.25) is 0 Å². The minimum atomic E-state index is 0.575. The minimum Gasteiger partial charge on any atom is -0.457 e. The summed E-state index contributed by atoms with van der Waals surface area (Å²) in [5.41, 5.74) is 0.934. The maximum atomic E-state index is 5.84. The molecule has 144 valence electrons. The van der Waals surface area contributed by atoms with Crippen molar-refractivity contribution in [2.75, 3.05) is 16.8 Å². The number of ether oxygens (including phenoxy) is 1. The van der Waals surface area contributed by atoms with Crippen molar-refractivity contribution in [2.45, 2.75) is 38.6 Å². The van der Waals surface area contributed by atoms with E-state index in [0.717, 1.165) is 36.0 Å².